The number of benzene rings is 2. The molecule has 3 aromatic rings. The molecule has 1 aliphatic heterocycles. The minimum atomic E-state index is -0.498. The fourth-order valence-electron chi connectivity index (χ4n) is 4.13. The Balaban J connectivity index is 1.44. The fraction of sp³-hybridized carbons (Fsp3) is 0.400. The normalized spacial score (nSPS) is 14.2. The summed E-state index contributed by atoms with van der Waals surface area (Å²) in [6.07, 6.45) is 2.21. The Labute approximate surface area is 203 Å². The van der Waals surface area contributed by atoms with Crippen LogP contribution in [0.1, 0.15) is 18.9 Å². The molecule has 0 unspecified atom stereocenters. The summed E-state index contributed by atoms with van der Waals surface area (Å²) in [6, 6.07) is 6.04. The highest BCUT2D eigenvalue weighted by Crippen LogP contribution is 2.36. The van der Waals surface area contributed by atoms with E-state index in [0.29, 0.717) is 40.4 Å². The molecular weight excluding hydrogens is 453 g/mol. The molecule has 2 aromatic carbocycles. The number of nitrogens with one attached hydrogen (secondary N) is 1. The Kier molecular flexibility index (Phi) is 7.50. The van der Waals surface area contributed by atoms with Crippen LogP contribution < -0.4 is 14.8 Å². The first-order valence-electron chi connectivity index (χ1n) is 11.6. The number of carbonyl (C=O) groups excluding carboxylic acids is 1. The van der Waals surface area contributed by atoms with Crippen LogP contribution in [-0.2, 0) is 4.79 Å². The highest BCUT2D eigenvalue weighted by molar-refractivity contribution is 5.93. The maximum Gasteiger partial charge on any atom is 0.219 e. The van der Waals surface area contributed by atoms with Crippen LogP contribution in [0.5, 0.6) is 17.2 Å². The van der Waals surface area contributed by atoms with Gasteiger partial charge < -0.3 is 24.8 Å². The molecule has 0 aliphatic carbocycles. The predicted molar refractivity (Wildman–Crippen MR) is 131 cm³/mol. The van der Waals surface area contributed by atoms with E-state index in [0.717, 1.165) is 39.1 Å². The van der Waals surface area contributed by atoms with Gasteiger partial charge in [0, 0.05) is 56.7 Å². The molecule has 0 atom stereocenters. The zero-order chi connectivity index (χ0) is 24.9. The number of ether oxygens (including phenoxy) is 2. The van der Waals surface area contributed by atoms with E-state index < -0.39 is 5.82 Å². The van der Waals surface area contributed by atoms with Crippen molar-refractivity contribution in [2.45, 2.75) is 20.3 Å². The number of hydrogen-bond donors (Lipinski definition) is 2. The summed E-state index contributed by atoms with van der Waals surface area (Å²) in [6.45, 7) is 7.87. The summed E-state index contributed by atoms with van der Waals surface area (Å²) in [4.78, 5) is 24.3. The van der Waals surface area contributed by atoms with Crippen molar-refractivity contribution in [3.8, 4) is 17.2 Å². The second-order valence-electron chi connectivity index (χ2n) is 8.48. The number of carbonyl (C=O) groups is 1. The van der Waals surface area contributed by atoms with Gasteiger partial charge in [-0.1, -0.05) is 0 Å². The lowest BCUT2D eigenvalue weighted by molar-refractivity contribution is -0.130. The van der Waals surface area contributed by atoms with Gasteiger partial charge in [-0.25, -0.2) is 14.4 Å². The van der Waals surface area contributed by atoms with E-state index >= 15 is 0 Å². The number of halogens is 1. The monoisotopic (exact) mass is 483 g/mol. The molecule has 10 heteroatoms. The second kappa shape index (κ2) is 10.7. The highest BCUT2D eigenvalue weighted by atomic mass is 19.1. The van der Waals surface area contributed by atoms with Crippen molar-refractivity contribution in [3.63, 3.8) is 0 Å². The summed E-state index contributed by atoms with van der Waals surface area (Å²) >= 11 is 0. The molecule has 1 aliphatic rings. The number of phenols is 1. The lowest BCUT2D eigenvalue weighted by Crippen LogP contribution is -2.48. The van der Waals surface area contributed by atoms with Gasteiger partial charge in [-0.3, -0.25) is 9.69 Å². The van der Waals surface area contributed by atoms with Crippen molar-refractivity contribution in [3.05, 3.63) is 42.0 Å². The molecule has 35 heavy (non-hydrogen) atoms. The number of amides is 1. The SMILES string of the molecule is COc1cc2c(Nc3c(F)ccc(O)c3C)ncnc2cc1OCCCN1CCN(C(C)=O)CC1. The number of methoxy groups -OCH3 is 1. The van der Waals surface area contributed by atoms with Crippen LogP contribution in [-0.4, -0.2) is 77.2 Å². The molecule has 1 amide bonds. The minimum absolute atomic E-state index is 0.0127. The Morgan fingerprint density at radius 1 is 1.17 bits per heavy atom. The van der Waals surface area contributed by atoms with Crippen LogP contribution in [0, 0.1) is 12.7 Å². The zero-order valence-electron chi connectivity index (χ0n) is 20.2. The molecule has 9 nitrogen and oxygen atoms in total. The van der Waals surface area contributed by atoms with Crippen LogP contribution in [0.4, 0.5) is 15.9 Å². The van der Waals surface area contributed by atoms with Crippen LogP contribution in [0.3, 0.4) is 0 Å². The Bertz CT molecular complexity index is 1210. The molecule has 0 radical (unpaired) electrons. The van der Waals surface area contributed by atoms with Gasteiger partial charge in [0.05, 0.1) is 24.9 Å². The second-order valence-corrected chi connectivity index (χ2v) is 8.48. The van der Waals surface area contributed by atoms with Crippen molar-refractivity contribution in [2.75, 3.05) is 51.8 Å². The third kappa shape index (κ3) is 5.54. The van der Waals surface area contributed by atoms with Gasteiger partial charge in [0.2, 0.25) is 5.91 Å². The van der Waals surface area contributed by atoms with E-state index in [2.05, 4.69) is 20.2 Å². The zero-order valence-corrected chi connectivity index (χ0v) is 20.2. The van der Waals surface area contributed by atoms with E-state index in [1.54, 1.807) is 33.1 Å². The Morgan fingerprint density at radius 2 is 1.94 bits per heavy atom. The van der Waals surface area contributed by atoms with Crippen LogP contribution in [0.15, 0.2) is 30.6 Å². The van der Waals surface area contributed by atoms with Crippen molar-refractivity contribution in [1.29, 1.82) is 0 Å². The average Bonchev–Trinajstić information content (AvgIpc) is 2.86. The van der Waals surface area contributed by atoms with E-state index in [9.17, 15) is 14.3 Å². The third-order valence-corrected chi connectivity index (χ3v) is 6.24. The van der Waals surface area contributed by atoms with Crippen molar-refractivity contribution < 1.29 is 23.8 Å². The number of piperazine rings is 1. The smallest absolute Gasteiger partial charge is 0.219 e. The number of fused-ring (bicyclic) bond motifs is 1. The minimum Gasteiger partial charge on any atom is -0.508 e. The van der Waals surface area contributed by atoms with Gasteiger partial charge in [0.15, 0.2) is 11.5 Å². The van der Waals surface area contributed by atoms with Gasteiger partial charge in [0.25, 0.3) is 0 Å². The molecule has 1 aromatic heterocycles. The van der Waals surface area contributed by atoms with E-state index in [-0.39, 0.29) is 17.3 Å². The number of anilines is 2. The molecule has 1 saturated heterocycles. The lowest BCUT2D eigenvalue weighted by Gasteiger charge is -2.34. The first-order chi connectivity index (χ1) is 16.9. The molecular formula is C25H30FN5O4. The first kappa shape index (κ1) is 24.5. The summed E-state index contributed by atoms with van der Waals surface area (Å²) in [5.74, 6) is 1.07. The molecule has 1 fully saturated rings. The maximum absolute atomic E-state index is 14.4. The Morgan fingerprint density at radius 3 is 2.66 bits per heavy atom. The summed E-state index contributed by atoms with van der Waals surface area (Å²) in [7, 11) is 1.55. The maximum atomic E-state index is 14.4. The largest absolute Gasteiger partial charge is 0.508 e. The molecule has 4 rings (SSSR count). The van der Waals surface area contributed by atoms with Crippen molar-refractivity contribution in [1.82, 2.24) is 19.8 Å². The number of aromatic hydroxyl groups is 1. The van der Waals surface area contributed by atoms with Crippen molar-refractivity contribution >= 4 is 28.3 Å². The quantitative estimate of drug-likeness (QED) is 0.470. The average molecular weight is 484 g/mol. The lowest BCUT2D eigenvalue weighted by atomic mass is 10.1. The molecule has 0 bridgehead atoms. The summed E-state index contributed by atoms with van der Waals surface area (Å²) < 4.78 is 26.0. The summed E-state index contributed by atoms with van der Waals surface area (Å²) in [5, 5.41) is 13.6. The molecule has 186 valence electrons. The summed E-state index contributed by atoms with van der Waals surface area (Å²) in [5.41, 5.74) is 1.14. The van der Waals surface area contributed by atoms with Gasteiger partial charge in [0.1, 0.15) is 23.7 Å². The first-order valence-corrected chi connectivity index (χ1v) is 11.6. The van der Waals surface area contributed by atoms with Gasteiger partial charge in [-0.2, -0.15) is 0 Å². The fourth-order valence-corrected chi connectivity index (χ4v) is 4.13. The van der Waals surface area contributed by atoms with E-state index in [4.69, 9.17) is 9.47 Å². The van der Waals surface area contributed by atoms with Gasteiger partial charge in [-0.05, 0) is 31.5 Å². The molecule has 0 spiro atoms. The van der Waals surface area contributed by atoms with Gasteiger partial charge in [-0.15, -0.1) is 0 Å². The van der Waals surface area contributed by atoms with Crippen LogP contribution in [0.25, 0.3) is 10.9 Å². The number of hydrogen-bond acceptors (Lipinski definition) is 8. The molecule has 0 saturated carbocycles. The third-order valence-electron chi connectivity index (χ3n) is 6.24. The van der Waals surface area contributed by atoms with Crippen LogP contribution >= 0.6 is 0 Å². The number of aromatic nitrogens is 2. The number of nitrogens with zero attached hydrogens (tertiary/aromatic N) is 4. The number of phenolic OH excluding ortho intramolecular Hbond substituents is 1. The van der Waals surface area contributed by atoms with E-state index in [1.807, 2.05) is 4.90 Å². The Hall–Kier alpha value is -3.66. The molecule has 2 N–H and O–H groups in total. The topological polar surface area (TPSA) is 100 Å². The molecule has 2 heterocycles. The standard InChI is InChI=1S/C25H30FN5O4/c1-16-21(33)6-5-19(26)24(16)29-25-18-13-22(34-3)23(14-20(18)27-15-28-25)35-12-4-7-30-8-10-31(11-9-30)17(2)32/h5-6,13-15,33H,4,7-12H2,1-3H3,(H,27,28,29). The highest BCUT2D eigenvalue weighted by Gasteiger charge is 2.18. The predicted octanol–water partition coefficient (Wildman–Crippen LogP) is 3.47. The van der Waals surface area contributed by atoms with Crippen molar-refractivity contribution in [2.24, 2.45) is 0 Å². The van der Waals surface area contributed by atoms with Crippen LogP contribution in [0.2, 0.25) is 0 Å². The van der Waals surface area contributed by atoms with Gasteiger partial charge >= 0.3 is 0 Å². The van der Waals surface area contributed by atoms with E-state index in [1.165, 1.54) is 18.5 Å². The number of rotatable bonds is 8.